The van der Waals surface area contributed by atoms with Crippen LogP contribution in [0.25, 0.3) is 43.7 Å². The number of carbonyl (C=O) groups is 4. The number of halogens is 5. The molecular formula is C43H27Cl2F3N12O6. The van der Waals surface area contributed by atoms with E-state index >= 15 is 0 Å². The molecule has 0 radical (unpaired) electrons. The van der Waals surface area contributed by atoms with Crippen molar-refractivity contribution in [3.05, 3.63) is 124 Å². The van der Waals surface area contributed by atoms with Crippen LogP contribution in [-0.4, -0.2) is 110 Å². The zero-order valence-corrected chi connectivity index (χ0v) is 35.3. The molecular weight excluding hydrogens is 908 g/mol. The summed E-state index contributed by atoms with van der Waals surface area (Å²) in [5, 5.41) is 30.7. The summed E-state index contributed by atoms with van der Waals surface area (Å²) < 4.78 is 55.2. The van der Waals surface area contributed by atoms with Crippen LogP contribution in [0.2, 0.25) is 10.6 Å². The van der Waals surface area contributed by atoms with Crippen LogP contribution in [0.15, 0.2) is 84.9 Å². The predicted octanol–water partition coefficient (Wildman–Crippen LogP) is 6.55. The van der Waals surface area contributed by atoms with Gasteiger partial charge in [-0.1, -0.05) is 75.8 Å². The number of amides is 4. The van der Waals surface area contributed by atoms with Crippen molar-refractivity contribution in [1.82, 2.24) is 60.1 Å². The molecule has 0 saturated carbocycles. The number of nitrogens with zero attached hydrogens (tertiary/aromatic N) is 12. The third-order valence-electron chi connectivity index (χ3n) is 11.2. The highest BCUT2D eigenvalue weighted by atomic mass is 35.5. The summed E-state index contributed by atoms with van der Waals surface area (Å²) in [6, 6.07) is 22.4. The molecule has 5 heterocycles. The SMILES string of the molecule is CC(COc1nnc(Cl)nn1)(CN1C(=O)c2cccc3cccc(c23)C1=O)CN1C(=O)c2cccc3c(-c4ccc5nc(C(F)(F)F)n(CCOc6nnc(Cl)nn6)c5c4)ccc(c23)C1=O. The van der Waals surface area contributed by atoms with E-state index in [1.807, 2.05) is 0 Å². The molecule has 0 bridgehead atoms. The molecule has 0 aliphatic carbocycles. The van der Waals surface area contributed by atoms with Crippen molar-refractivity contribution in [3.63, 3.8) is 0 Å². The number of imide groups is 2. The summed E-state index contributed by atoms with van der Waals surface area (Å²) in [7, 11) is 0. The highest BCUT2D eigenvalue weighted by molar-refractivity contribution is 6.29. The van der Waals surface area contributed by atoms with Crippen molar-refractivity contribution < 1.29 is 41.8 Å². The maximum atomic E-state index is 14.6. The van der Waals surface area contributed by atoms with Gasteiger partial charge in [0.1, 0.15) is 13.2 Å². The van der Waals surface area contributed by atoms with Crippen LogP contribution in [0.5, 0.6) is 12.0 Å². The van der Waals surface area contributed by atoms with Crippen molar-refractivity contribution in [2.24, 2.45) is 5.41 Å². The van der Waals surface area contributed by atoms with Crippen LogP contribution in [0, 0.1) is 5.41 Å². The molecule has 1 atom stereocenters. The molecule has 66 heavy (non-hydrogen) atoms. The number of alkyl halides is 3. The molecule has 0 saturated heterocycles. The Hall–Kier alpha value is -7.78. The van der Waals surface area contributed by atoms with Gasteiger partial charge in [0.05, 0.1) is 17.6 Å². The van der Waals surface area contributed by atoms with E-state index < -0.39 is 41.0 Å². The highest BCUT2D eigenvalue weighted by Crippen LogP contribution is 2.40. The van der Waals surface area contributed by atoms with Crippen LogP contribution in [0.1, 0.15) is 54.2 Å². The van der Waals surface area contributed by atoms with Gasteiger partial charge in [-0.3, -0.25) is 29.0 Å². The van der Waals surface area contributed by atoms with Gasteiger partial charge < -0.3 is 14.0 Å². The van der Waals surface area contributed by atoms with E-state index in [0.717, 1.165) is 14.4 Å². The topological polar surface area (TPSA) is 214 Å². The first-order valence-electron chi connectivity index (χ1n) is 19.8. The van der Waals surface area contributed by atoms with Gasteiger partial charge >= 0.3 is 18.2 Å². The zero-order valence-electron chi connectivity index (χ0n) is 33.8. The van der Waals surface area contributed by atoms with Gasteiger partial charge in [-0.15, -0.1) is 20.4 Å². The lowest BCUT2D eigenvalue weighted by Crippen LogP contribution is -2.54. The minimum atomic E-state index is -4.83. The molecule has 8 aromatic rings. The lowest BCUT2D eigenvalue weighted by Gasteiger charge is -2.39. The number of benzene rings is 5. The largest absolute Gasteiger partial charge is 0.461 e. The third-order valence-corrected chi connectivity index (χ3v) is 11.5. The van der Waals surface area contributed by atoms with Crippen LogP contribution in [-0.2, 0) is 12.7 Å². The van der Waals surface area contributed by atoms with E-state index in [-0.39, 0.29) is 77.6 Å². The molecule has 10 rings (SSSR count). The summed E-state index contributed by atoms with van der Waals surface area (Å²) in [4.78, 5) is 63.4. The standard InChI is InChI=1S/C43H27Cl2F3N12O6/c1-42(20-66-41-56-52-39(45)53-57-41,18-59-33(61)25-8-2-5-21-6-3-9-26(31(21)25)34(59)62)19-60-35(63)27-10-4-7-24-23(12-13-28(32(24)27)36(60)64)22-11-14-29-30(17-22)58(37(49-29)43(46,47)48)15-16-65-40-54-50-38(44)51-55-40/h2-14,17H,15-16,18-20H2,1H3. The van der Waals surface area contributed by atoms with Crippen LogP contribution in [0.4, 0.5) is 13.2 Å². The molecule has 23 heteroatoms. The minimum Gasteiger partial charge on any atom is -0.461 e. The first-order chi connectivity index (χ1) is 31.7. The van der Waals surface area contributed by atoms with Crippen molar-refractivity contribution in [3.8, 4) is 23.1 Å². The second kappa shape index (κ2) is 16.0. The maximum Gasteiger partial charge on any atom is 0.449 e. The monoisotopic (exact) mass is 934 g/mol. The second-order valence-corrected chi connectivity index (χ2v) is 16.3. The quantitative estimate of drug-likeness (QED) is 0.119. The first kappa shape index (κ1) is 42.2. The van der Waals surface area contributed by atoms with Gasteiger partial charge in [0.15, 0.2) is 0 Å². The summed E-state index contributed by atoms with van der Waals surface area (Å²) in [6.45, 7) is -0.00258. The highest BCUT2D eigenvalue weighted by Gasteiger charge is 2.44. The van der Waals surface area contributed by atoms with E-state index in [0.29, 0.717) is 43.8 Å². The van der Waals surface area contributed by atoms with Gasteiger partial charge in [-0.25, -0.2) is 4.98 Å². The zero-order chi connectivity index (χ0) is 46.1. The lowest BCUT2D eigenvalue weighted by molar-refractivity contribution is -0.147. The summed E-state index contributed by atoms with van der Waals surface area (Å²) in [5.41, 5.74) is 0.712. The molecule has 1 unspecified atom stereocenters. The van der Waals surface area contributed by atoms with Crippen molar-refractivity contribution in [2.75, 3.05) is 26.3 Å². The van der Waals surface area contributed by atoms with Crippen molar-refractivity contribution in [2.45, 2.75) is 19.6 Å². The van der Waals surface area contributed by atoms with Crippen LogP contribution >= 0.6 is 23.2 Å². The maximum absolute atomic E-state index is 14.6. The number of rotatable bonds is 12. The Morgan fingerprint density at radius 3 is 1.70 bits per heavy atom. The fraction of sp³-hybridized carbons (Fsp3) is 0.186. The molecule has 2 aliphatic heterocycles. The van der Waals surface area contributed by atoms with Crippen molar-refractivity contribution in [1.29, 1.82) is 0 Å². The Balaban J connectivity index is 0.983. The van der Waals surface area contributed by atoms with Crippen LogP contribution in [0.3, 0.4) is 0 Å². The number of aromatic nitrogens is 10. The van der Waals surface area contributed by atoms with E-state index in [2.05, 4.69) is 45.8 Å². The molecule has 2 aliphatic rings. The number of fused-ring (bicyclic) bond motifs is 1. The van der Waals surface area contributed by atoms with Gasteiger partial charge in [0.2, 0.25) is 5.82 Å². The van der Waals surface area contributed by atoms with E-state index in [1.54, 1.807) is 73.7 Å². The number of ether oxygens (including phenoxy) is 2. The van der Waals surface area contributed by atoms with Crippen molar-refractivity contribution >= 4 is 79.4 Å². The van der Waals surface area contributed by atoms with E-state index in [4.69, 9.17) is 32.7 Å². The fourth-order valence-electron chi connectivity index (χ4n) is 8.40. The molecule has 18 nitrogen and oxygen atoms in total. The summed E-state index contributed by atoms with van der Waals surface area (Å²) >= 11 is 11.4. The smallest absolute Gasteiger partial charge is 0.449 e. The summed E-state index contributed by atoms with van der Waals surface area (Å²) in [6.07, 6.45) is -4.83. The van der Waals surface area contributed by atoms with Gasteiger partial charge in [0, 0.05) is 51.5 Å². The Labute approximate surface area is 378 Å². The number of imidazole rings is 1. The third kappa shape index (κ3) is 7.40. The average Bonchev–Trinajstić information content (AvgIpc) is 3.69. The molecule has 0 N–H and O–H groups in total. The predicted molar refractivity (Wildman–Crippen MR) is 227 cm³/mol. The molecule has 5 aromatic carbocycles. The van der Waals surface area contributed by atoms with E-state index in [1.165, 1.54) is 18.2 Å². The Morgan fingerprint density at radius 2 is 1.12 bits per heavy atom. The van der Waals surface area contributed by atoms with E-state index in [9.17, 15) is 32.3 Å². The van der Waals surface area contributed by atoms with Gasteiger partial charge in [0.25, 0.3) is 34.2 Å². The lowest BCUT2D eigenvalue weighted by atomic mass is 9.85. The number of hydrogen-bond acceptors (Lipinski definition) is 15. The minimum absolute atomic E-state index is 0.0530. The normalized spacial score (nSPS) is 14.7. The van der Waals surface area contributed by atoms with Gasteiger partial charge in [-0.05, 0) is 81.5 Å². The Morgan fingerprint density at radius 1 is 0.606 bits per heavy atom. The Kier molecular flexibility index (Phi) is 10.2. The molecule has 3 aromatic heterocycles. The first-order valence-corrected chi connectivity index (χ1v) is 20.5. The number of carbonyl (C=O) groups excluding carboxylic acids is 4. The Bertz CT molecular complexity index is 3270. The van der Waals surface area contributed by atoms with Gasteiger partial charge in [-0.2, -0.15) is 13.2 Å². The van der Waals surface area contributed by atoms with Crippen LogP contribution < -0.4 is 9.47 Å². The molecule has 0 spiro atoms. The number of hydrogen-bond donors (Lipinski definition) is 0. The fourth-order valence-corrected chi connectivity index (χ4v) is 8.55. The second-order valence-electron chi connectivity index (χ2n) is 15.6. The molecule has 330 valence electrons. The molecule has 0 fully saturated rings. The average molecular weight is 936 g/mol. The molecule has 4 amide bonds. The summed E-state index contributed by atoms with van der Waals surface area (Å²) in [5.74, 6) is -3.68.